The maximum atomic E-state index is 13.2. The Balaban J connectivity index is 2.64. The van der Waals surface area contributed by atoms with Crippen molar-refractivity contribution in [3.05, 3.63) is 29.6 Å². The summed E-state index contributed by atoms with van der Waals surface area (Å²) in [5.74, 6) is -0.195. The maximum absolute atomic E-state index is 13.2. The van der Waals surface area contributed by atoms with Gasteiger partial charge in [0.2, 0.25) is 0 Å². The van der Waals surface area contributed by atoms with Crippen LogP contribution in [0.5, 0.6) is 5.75 Å². The smallest absolute Gasteiger partial charge is 0.180 e. The first kappa shape index (κ1) is 15.6. The second-order valence-electron chi connectivity index (χ2n) is 4.35. The SMILES string of the molecule is COCCCN(C)CC(=O)c1cc(F)ccc1OC. The summed E-state index contributed by atoms with van der Waals surface area (Å²) in [6, 6.07) is 3.95. The predicted molar refractivity (Wildman–Crippen MR) is 71.3 cm³/mol. The molecule has 1 rings (SSSR count). The Bertz CT molecular complexity index is 423. The molecular weight excluding hydrogens is 249 g/mol. The molecule has 0 aromatic heterocycles. The van der Waals surface area contributed by atoms with E-state index >= 15 is 0 Å². The molecule has 0 saturated carbocycles. The molecule has 0 radical (unpaired) electrons. The van der Waals surface area contributed by atoms with E-state index in [4.69, 9.17) is 9.47 Å². The van der Waals surface area contributed by atoms with E-state index in [0.29, 0.717) is 12.4 Å². The molecule has 0 atom stereocenters. The number of ketones is 1. The van der Waals surface area contributed by atoms with Gasteiger partial charge in [-0.15, -0.1) is 0 Å². The normalized spacial score (nSPS) is 10.8. The highest BCUT2D eigenvalue weighted by Gasteiger charge is 2.15. The highest BCUT2D eigenvalue weighted by atomic mass is 19.1. The summed E-state index contributed by atoms with van der Waals surface area (Å²) in [5, 5.41) is 0. The average Bonchev–Trinajstić information content (AvgIpc) is 2.39. The molecular formula is C14H20FNO3. The van der Waals surface area contributed by atoms with Gasteiger partial charge in [0.25, 0.3) is 0 Å². The minimum absolute atomic E-state index is 0.156. The summed E-state index contributed by atoms with van der Waals surface area (Å²) in [6.45, 7) is 1.63. The van der Waals surface area contributed by atoms with Crippen LogP contribution in [0.25, 0.3) is 0 Å². The van der Waals surface area contributed by atoms with Crippen molar-refractivity contribution in [2.45, 2.75) is 6.42 Å². The molecule has 1 aromatic carbocycles. The lowest BCUT2D eigenvalue weighted by Crippen LogP contribution is -2.27. The summed E-state index contributed by atoms with van der Waals surface area (Å²) < 4.78 is 23.2. The van der Waals surface area contributed by atoms with Crippen molar-refractivity contribution in [2.75, 3.05) is 41.0 Å². The number of methoxy groups -OCH3 is 2. The summed E-state index contributed by atoms with van der Waals surface area (Å²) in [5.41, 5.74) is 0.279. The zero-order chi connectivity index (χ0) is 14.3. The van der Waals surface area contributed by atoms with E-state index in [-0.39, 0.29) is 17.9 Å². The van der Waals surface area contributed by atoms with Crippen LogP contribution in [0.3, 0.4) is 0 Å². The van der Waals surface area contributed by atoms with Gasteiger partial charge >= 0.3 is 0 Å². The Labute approximate surface area is 113 Å². The Morgan fingerprint density at radius 2 is 2.11 bits per heavy atom. The fourth-order valence-electron chi connectivity index (χ4n) is 1.79. The summed E-state index contributed by atoms with van der Waals surface area (Å²) >= 11 is 0. The van der Waals surface area contributed by atoms with Crippen molar-refractivity contribution in [1.82, 2.24) is 4.90 Å². The highest BCUT2D eigenvalue weighted by Crippen LogP contribution is 2.20. The van der Waals surface area contributed by atoms with Crippen LogP contribution in [0.15, 0.2) is 18.2 Å². The molecule has 0 aliphatic carbocycles. The van der Waals surface area contributed by atoms with Crippen LogP contribution in [0.4, 0.5) is 4.39 Å². The van der Waals surface area contributed by atoms with Crippen LogP contribution in [0.2, 0.25) is 0 Å². The monoisotopic (exact) mass is 269 g/mol. The average molecular weight is 269 g/mol. The molecule has 0 heterocycles. The fraction of sp³-hybridized carbons (Fsp3) is 0.500. The maximum Gasteiger partial charge on any atom is 0.180 e. The molecule has 0 fully saturated rings. The number of nitrogens with zero attached hydrogens (tertiary/aromatic N) is 1. The number of rotatable bonds is 8. The van der Waals surface area contributed by atoms with Crippen LogP contribution in [0, 0.1) is 5.82 Å². The summed E-state index contributed by atoms with van der Waals surface area (Å²) in [7, 11) is 4.95. The Kier molecular flexibility index (Phi) is 6.45. The largest absolute Gasteiger partial charge is 0.496 e. The molecule has 106 valence electrons. The number of benzene rings is 1. The van der Waals surface area contributed by atoms with Gasteiger partial charge in [0, 0.05) is 20.3 Å². The van der Waals surface area contributed by atoms with Crippen LogP contribution in [0.1, 0.15) is 16.8 Å². The second-order valence-corrected chi connectivity index (χ2v) is 4.35. The number of carbonyl (C=O) groups excluding carboxylic acids is 1. The van der Waals surface area contributed by atoms with Gasteiger partial charge < -0.3 is 9.47 Å². The number of carbonyl (C=O) groups is 1. The molecule has 0 aliphatic rings. The molecule has 0 spiro atoms. The van der Waals surface area contributed by atoms with Crippen molar-refractivity contribution >= 4 is 5.78 Å². The number of hydrogen-bond acceptors (Lipinski definition) is 4. The molecule has 0 aliphatic heterocycles. The van der Waals surface area contributed by atoms with Gasteiger partial charge in [-0.2, -0.15) is 0 Å². The topological polar surface area (TPSA) is 38.8 Å². The van der Waals surface area contributed by atoms with Crippen LogP contribution >= 0.6 is 0 Å². The molecule has 19 heavy (non-hydrogen) atoms. The first-order valence-corrected chi connectivity index (χ1v) is 6.12. The zero-order valence-electron chi connectivity index (χ0n) is 11.6. The molecule has 0 saturated heterocycles. The van der Waals surface area contributed by atoms with Crippen molar-refractivity contribution < 1.29 is 18.7 Å². The van der Waals surface area contributed by atoms with E-state index in [9.17, 15) is 9.18 Å². The van der Waals surface area contributed by atoms with E-state index in [1.165, 1.54) is 25.3 Å². The molecule has 0 N–H and O–H groups in total. The summed E-state index contributed by atoms with van der Waals surface area (Å²) in [4.78, 5) is 14.0. The predicted octanol–water partition coefficient (Wildman–Crippen LogP) is 1.99. The number of hydrogen-bond donors (Lipinski definition) is 0. The Morgan fingerprint density at radius 3 is 2.74 bits per heavy atom. The van der Waals surface area contributed by atoms with Gasteiger partial charge in [-0.25, -0.2) is 4.39 Å². The first-order chi connectivity index (χ1) is 9.08. The minimum Gasteiger partial charge on any atom is -0.496 e. The van der Waals surface area contributed by atoms with Gasteiger partial charge in [0.05, 0.1) is 19.2 Å². The van der Waals surface area contributed by atoms with Gasteiger partial charge in [0.1, 0.15) is 11.6 Å². The van der Waals surface area contributed by atoms with E-state index < -0.39 is 5.82 Å². The van der Waals surface area contributed by atoms with E-state index in [0.717, 1.165) is 13.0 Å². The standard InChI is InChI=1S/C14H20FNO3/c1-16(7-4-8-18-2)10-13(17)12-9-11(15)5-6-14(12)19-3/h5-6,9H,4,7-8,10H2,1-3H3. The molecule has 0 unspecified atom stereocenters. The van der Waals surface area contributed by atoms with Crippen LogP contribution < -0.4 is 4.74 Å². The Hall–Kier alpha value is -1.46. The van der Waals surface area contributed by atoms with Crippen LogP contribution in [-0.4, -0.2) is 51.6 Å². The molecule has 4 nitrogen and oxygen atoms in total. The molecule has 5 heteroatoms. The van der Waals surface area contributed by atoms with Gasteiger partial charge in [-0.3, -0.25) is 9.69 Å². The zero-order valence-corrected chi connectivity index (χ0v) is 11.6. The van der Waals surface area contributed by atoms with E-state index in [2.05, 4.69) is 0 Å². The number of Topliss-reactive ketones (excluding diaryl/α,β-unsaturated/α-hetero) is 1. The first-order valence-electron chi connectivity index (χ1n) is 6.12. The van der Waals surface area contributed by atoms with Gasteiger partial charge in [0.15, 0.2) is 5.78 Å². The second kappa shape index (κ2) is 7.86. The minimum atomic E-state index is -0.439. The molecule has 1 aromatic rings. The number of ether oxygens (including phenoxy) is 2. The van der Waals surface area contributed by atoms with Gasteiger partial charge in [-0.1, -0.05) is 0 Å². The van der Waals surface area contributed by atoms with E-state index in [1.54, 1.807) is 7.11 Å². The van der Waals surface area contributed by atoms with Crippen molar-refractivity contribution in [2.24, 2.45) is 0 Å². The third-order valence-corrected chi connectivity index (χ3v) is 2.76. The van der Waals surface area contributed by atoms with Crippen molar-refractivity contribution in [1.29, 1.82) is 0 Å². The van der Waals surface area contributed by atoms with Crippen LogP contribution in [-0.2, 0) is 4.74 Å². The highest BCUT2D eigenvalue weighted by molar-refractivity contribution is 6.00. The lowest BCUT2D eigenvalue weighted by Gasteiger charge is -2.16. The van der Waals surface area contributed by atoms with Crippen molar-refractivity contribution in [3.63, 3.8) is 0 Å². The lowest BCUT2D eigenvalue weighted by molar-refractivity contribution is 0.0935. The van der Waals surface area contributed by atoms with Crippen molar-refractivity contribution in [3.8, 4) is 5.75 Å². The van der Waals surface area contributed by atoms with E-state index in [1.807, 2.05) is 11.9 Å². The summed E-state index contributed by atoms with van der Waals surface area (Å²) in [6.07, 6.45) is 0.848. The Morgan fingerprint density at radius 1 is 1.37 bits per heavy atom. The lowest BCUT2D eigenvalue weighted by atomic mass is 10.1. The third-order valence-electron chi connectivity index (χ3n) is 2.76. The molecule has 0 amide bonds. The third kappa shape index (κ3) is 4.96. The molecule has 0 bridgehead atoms. The van der Waals surface area contributed by atoms with Gasteiger partial charge in [-0.05, 0) is 31.7 Å². The fourth-order valence-corrected chi connectivity index (χ4v) is 1.79. The quantitative estimate of drug-likeness (QED) is 0.534. The number of halogens is 1. The number of likely N-dealkylation sites (N-methyl/N-ethyl adjacent to an activating group) is 1.